The average Bonchev–Trinajstić information content (AvgIpc) is 3.64. The van der Waals surface area contributed by atoms with Crippen molar-refractivity contribution in [3.05, 3.63) is 113 Å². The molecule has 300 valence electrons. The Kier molecular flexibility index (Phi) is 10.0. The summed E-state index contributed by atoms with van der Waals surface area (Å²) in [5, 5.41) is 15.2. The van der Waals surface area contributed by atoms with Gasteiger partial charge in [-0.15, -0.1) is 0 Å². The van der Waals surface area contributed by atoms with Gasteiger partial charge in [-0.05, 0) is 11.1 Å². The third kappa shape index (κ3) is 5.69. The highest BCUT2D eigenvalue weighted by atomic mass is 32.2. The fourth-order valence-electron chi connectivity index (χ4n) is 6.11. The average molecular weight is 877 g/mol. The molecule has 3 aromatic carbocycles. The van der Waals surface area contributed by atoms with Crippen LogP contribution in [-0.4, -0.2) is 27.9 Å². The number of alkyl halides is 6. The van der Waals surface area contributed by atoms with Crippen LogP contribution in [0.1, 0.15) is 11.1 Å². The number of nitriles is 2. The molecule has 0 radical (unpaired) electrons. The summed E-state index contributed by atoms with van der Waals surface area (Å²) in [6, 6.07) is 2.12. The summed E-state index contributed by atoms with van der Waals surface area (Å²) >= 11 is 0. The molecule has 0 atom stereocenters. The first-order valence-corrected chi connectivity index (χ1v) is 17.2. The first-order valence-electron chi connectivity index (χ1n) is 14.3. The van der Waals surface area contributed by atoms with E-state index in [-0.39, 0.29) is 0 Å². The lowest BCUT2D eigenvalue weighted by Crippen LogP contribution is -2.29. The summed E-state index contributed by atoms with van der Waals surface area (Å²) in [4.78, 5) is -1.47. The molecule has 0 aromatic heterocycles. The van der Waals surface area contributed by atoms with Crippen molar-refractivity contribution in [2.75, 3.05) is 0 Å². The lowest BCUT2D eigenvalue weighted by molar-refractivity contribution is -0.0446. The fourth-order valence-corrected chi connectivity index (χ4v) is 7.88. The Hall–Kier alpha value is -6.38. The van der Waals surface area contributed by atoms with Crippen molar-refractivity contribution >= 4 is 31.3 Å². The van der Waals surface area contributed by atoms with E-state index in [0.29, 0.717) is 0 Å². The summed E-state index contributed by atoms with van der Waals surface area (Å²) < 4.78 is 286. The zero-order chi connectivity index (χ0) is 44.1. The predicted octanol–water partition coefficient (Wildman–Crippen LogP) is 7.38. The molecule has 0 heterocycles. The lowest BCUT2D eigenvalue weighted by Gasteiger charge is -2.20. The van der Waals surface area contributed by atoms with Crippen LogP contribution in [0.2, 0.25) is 0 Å². The molecule has 0 saturated carbocycles. The number of fused-ring (bicyclic) bond motifs is 2. The normalized spacial score (nSPS) is 14.1. The lowest BCUT2D eigenvalue weighted by atomic mass is 9.86. The second kappa shape index (κ2) is 13.6. The second-order valence-electron chi connectivity index (χ2n) is 11.4. The highest BCUT2D eigenvalue weighted by Gasteiger charge is 2.53. The first kappa shape index (κ1) is 42.8. The van der Waals surface area contributed by atoms with Crippen LogP contribution in [0.4, 0.5) is 70.2 Å². The quantitative estimate of drug-likeness (QED) is 0.117. The highest BCUT2D eigenvalue weighted by molar-refractivity contribution is 7.92. The van der Waals surface area contributed by atoms with E-state index in [2.05, 4.69) is 9.69 Å². The number of halogens is 16. The third-order valence-corrected chi connectivity index (χ3v) is 11.5. The Morgan fingerprint density at radius 3 is 1.09 bits per heavy atom. The zero-order valence-electron chi connectivity index (χ0n) is 26.7. The van der Waals surface area contributed by atoms with Crippen LogP contribution in [0.15, 0.2) is 32.3 Å². The molecule has 0 N–H and O–H groups in total. The maximum Gasteiger partial charge on any atom is 0.525 e. The van der Waals surface area contributed by atoms with Gasteiger partial charge in [-0.25, -0.2) is 60.7 Å². The summed E-state index contributed by atoms with van der Waals surface area (Å²) in [5.74, 6) is -32.1. The number of benzene rings is 3. The molecule has 0 unspecified atom stereocenters. The standard InChI is InChI=1S/C32H4F16N4O4S2/c1-51-30(52-2)11-4-10-13(17-22(37)26(41)29(27(42)23(17)38)58(55,56)32(46,47)48)14-9(3-8(18(14)33)7(5-49)6-50)12(15(10)19(11)34)16-20(35)24(39)28(25(40)21(16)36)57(53,54)31(43,44)45/h3-4H2. The van der Waals surface area contributed by atoms with Crippen LogP contribution >= 0.6 is 0 Å². The van der Waals surface area contributed by atoms with Crippen LogP contribution < -0.4 is 10.4 Å². The number of nitrogens with zero attached hydrogens (tertiary/aromatic N) is 4. The number of hydrogen-bond donors (Lipinski definition) is 0. The van der Waals surface area contributed by atoms with Crippen LogP contribution in [0.5, 0.6) is 0 Å². The van der Waals surface area contributed by atoms with Crippen molar-refractivity contribution < 1.29 is 87.1 Å². The van der Waals surface area contributed by atoms with Gasteiger partial charge in [0, 0.05) is 40.0 Å². The van der Waals surface area contributed by atoms with E-state index in [1.807, 2.05) is 0 Å². The number of sulfone groups is 2. The molecule has 58 heavy (non-hydrogen) atoms. The summed E-state index contributed by atoms with van der Waals surface area (Å²) in [5.41, 5.74) is -29.3. The molecular weight excluding hydrogens is 872 g/mol. The topological polar surface area (TPSA) is 125 Å². The smallest absolute Gasteiger partial charge is 0.214 e. The van der Waals surface area contributed by atoms with Gasteiger partial charge in [-0.2, -0.15) is 46.6 Å². The van der Waals surface area contributed by atoms with Crippen molar-refractivity contribution in [3.63, 3.8) is 0 Å². The Morgan fingerprint density at radius 2 is 0.810 bits per heavy atom. The minimum Gasteiger partial charge on any atom is -0.214 e. The molecule has 26 heteroatoms. The van der Waals surface area contributed by atoms with Gasteiger partial charge in [0.25, 0.3) is 19.7 Å². The van der Waals surface area contributed by atoms with Gasteiger partial charge in [-0.3, -0.25) is 0 Å². The second-order valence-corrected chi connectivity index (χ2v) is 15.1. The van der Waals surface area contributed by atoms with Crippen molar-refractivity contribution in [3.8, 4) is 34.4 Å². The van der Waals surface area contributed by atoms with Gasteiger partial charge in [0.2, 0.25) is 0 Å². The highest BCUT2D eigenvalue weighted by Crippen LogP contribution is 2.46. The Morgan fingerprint density at radius 1 is 0.517 bits per heavy atom. The molecule has 0 spiro atoms. The molecule has 8 nitrogen and oxygen atoms in total. The Labute approximate surface area is 310 Å². The van der Waals surface area contributed by atoms with E-state index in [0.717, 1.165) is 12.1 Å². The van der Waals surface area contributed by atoms with E-state index in [1.54, 1.807) is 0 Å². The van der Waals surface area contributed by atoms with E-state index in [4.69, 9.17) is 13.1 Å². The molecule has 0 bridgehead atoms. The fraction of sp³-hybridized carbons (Fsp3) is 0.125. The van der Waals surface area contributed by atoms with Crippen LogP contribution in [0.25, 0.3) is 43.6 Å². The largest absolute Gasteiger partial charge is 0.525 e. The van der Waals surface area contributed by atoms with E-state index in [1.165, 1.54) is 0 Å². The molecule has 0 saturated heterocycles. The molecule has 0 aliphatic heterocycles. The van der Waals surface area contributed by atoms with Crippen LogP contribution in [-0.2, 0) is 32.5 Å². The van der Waals surface area contributed by atoms with Crippen LogP contribution in [0.3, 0.4) is 0 Å². The van der Waals surface area contributed by atoms with Gasteiger partial charge in [-0.1, -0.05) is 0 Å². The zero-order valence-corrected chi connectivity index (χ0v) is 28.3. The van der Waals surface area contributed by atoms with Gasteiger partial charge < -0.3 is 0 Å². The van der Waals surface area contributed by atoms with Crippen molar-refractivity contribution in [1.82, 2.24) is 0 Å². The maximum atomic E-state index is 16.5. The van der Waals surface area contributed by atoms with Crippen molar-refractivity contribution in [2.24, 2.45) is 0 Å². The minimum atomic E-state index is -7.36. The minimum absolute atomic E-state index is 1.06. The first-order chi connectivity index (χ1) is 26.6. The van der Waals surface area contributed by atoms with Crippen molar-refractivity contribution in [2.45, 2.75) is 33.6 Å². The molecule has 0 amide bonds. The summed E-state index contributed by atoms with van der Waals surface area (Å²) in [6.07, 6.45) is -3.27. The number of hydrogen-bond acceptors (Lipinski definition) is 6. The molecule has 5 rings (SSSR count). The van der Waals surface area contributed by atoms with Gasteiger partial charge in [0.1, 0.15) is 42.5 Å². The molecule has 3 aromatic rings. The van der Waals surface area contributed by atoms with Crippen LogP contribution in [0, 0.1) is 82.3 Å². The Bertz CT molecular complexity index is 2810. The molecule has 0 fully saturated rings. The van der Waals surface area contributed by atoms with E-state index >= 15 is 43.9 Å². The van der Waals surface area contributed by atoms with Gasteiger partial charge >= 0.3 is 16.8 Å². The summed E-state index contributed by atoms with van der Waals surface area (Å²) in [6.45, 7) is 14.3. The number of allylic oxidation sites excluding steroid dienone is 3. The SMILES string of the molecule is [C-]#[N+]C([N+]#[C-])=C1Cc2c(-c3c(F)c(F)c(S(=O)(=O)C(F)(F)F)c(F)c3F)c3c(c(-c4c(F)c(F)c(S(=O)(=O)C(F)(F)F)c(F)c4F)c2=C1F)CC(=C(C#N)C#N)C=3F. The van der Waals surface area contributed by atoms with Gasteiger partial charge in [0.15, 0.2) is 56.3 Å². The molecule has 2 aliphatic rings. The van der Waals surface area contributed by atoms with Crippen molar-refractivity contribution in [1.29, 1.82) is 10.5 Å². The monoisotopic (exact) mass is 876 g/mol. The molecule has 2 aliphatic carbocycles. The van der Waals surface area contributed by atoms with Gasteiger partial charge in [0.05, 0.1) is 16.7 Å². The number of rotatable bonds is 4. The van der Waals surface area contributed by atoms with E-state index in [9.17, 15) is 53.7 Å². The van der Waals surface area contributed by atoms with E-state index < -0.39 is 178 Å². The predicted molar refractivity (Wildman–Crippen MR) is 158 cm³/mol. The summed E-state index contributed by atoms with van der Waals surface area (Å²) in [7, 11) is -14.7. The third-order valence-electron chi connectivity index (χ3n) is 8.48. The Balaban J connectivity index is 2.21. The molecular formula is C32H4F16N4O4S2. The maximum absolute atomic E-state index is 16.5.